The molecule has 3 aromatic rings. The smallest absolute Gasteiger partial charge is 0.263 e. The summed E-state index contributed by atoms with van der Waals surface area (Å²) in [7, 11) is -3.84. The van der Waals surface area contributed by atoms with Gasteiger partial charge in [-0.3, -0.25) is 9.52 Å². The number of hydrogen-bond acceptors (Lipinski definition) is 8. The maximum Gasteiger partial charge on any atom is 0.263 e. The van der Waals surface area contributed by atoms with Gasteiger partial charge in [0.1, 0.15) is 16.9 Å². The molecule has 1 amide bonds. The maximum atomic E-state index is 12.4. The standard InChI is InChI=1S/C22H23N5O4S2/c1-3-4-5-17-7-6-16(13-23)22(25-17)32-14-21(28)24-18-8-10-19(11-9-18)33(29,30)27-20-12-15(2)31-26-20/h6-12H,3-5,14H2,1-2H3,(H,24,28)(H,26,27). The molecule has 0 spiro atoms. The summed E-state index contributed by atoms with van der Waals surface area (Å²) in [5.74, 6) is 0.335. The Morgan fingerprint density at radius 1 is 1.21 bits per heavy atom. The fourth-order valence-electron chi connectivity index (χ4n) is 2.83. The highest BCUT2D eigenvalue weighted by molar-refractivity contribution is 8.00. The molecule has 0 fully saturated rings. The summed E-state index contributed by atoms with van der Waals surface area (Å²) < 4.78 is 32.1. The van der Waals surface area contributed by atoms with E-state index in [9.17, 15) is 18.5 Å². The number of sulfonamides is 1. The number of nitriles is 1. The van der Waals surface area contributed by atoms with Crippen molar-refractivity contribution in [3.8, 4) is 6.07 Å². The molecule has 9 nitrogen and oxygen atoms in total. The number of nitrogens with zero attached hydrogens (tertiary/aromatic N) is 3. The quantitative estimate of drug-likeness (QED) is 0.409. The number of amides is 1. The first-order valence-electron chi connectivity index (χ1n) is 10.2. The first-order chi connectivity index (χ1) is 15.8. The van der Waals surface area contributed by atoms with Crippen molar-refractivity contribution < 1.29 is 17.7 Å². The van der Waals surface area contributed by atoms with E-state index in [1.165, 1.54) is 42.1 Å². The summed E-state index contributed by atoms with van der Waals surface area (Å²) in [6.45, 7) is 3.75. The molecule has 0 aliphatic heterocycles. The van der Waals surface area contributed by atoms with Crippen LogP contribution in [0.4, 0.5) is 11.5 Å². The van der Waals surface area contributed by atoms with Gasteiger partial charge < -0.3 is 9.84 Å². The lowest BCUT2D eigenvalue weighted by molar-refractivity contribution is -0.113. The molecule has 0 saturated heterocycles. The third-order valence-corrected chi connectivity index (χ3v) is 6.84. The van der Waals surface area contributed by atoms with Crippen LogP contribution in [0.15, 0.2) is 56.9 Å². The predicted molar refractivity (Wildman–Crippen MR) is 125 cm³/mol. The third-order valence-electron chi connectivity index (χ3n) is 4.48. The van der Waals surface area contributed by atoms with Crippen molar-refractivity contribution in [3.05, 3.63) is 59.5 Å². The van der Waals surface area contributed by atoms with Crippen molar-refractivity contribution in [1.29, 1.82) is 5.26 Å². The summed E-state index contributed by atoms with van der Waals surface area (Å²) in [5, 5.41) is 16.2. The average molecular weight is 486 g/mol. The lowest BCUT2D eigenvalue weighted by Gasteiger charge is -2.09. The number of aromatic nitrogens is 2. The lowest BCUT2D eigenvalue weighted by atomic mass is 10.2. The number of rotatable bonds is 10. The highest BCUT2D eigenvalue weighted by atomic mass is 32.2. The van der Waals surface area contributed by atoms with Crippen molar-refractivity contribution in [1.82, 2.24) is 10.1 Å². The highest BCUT2D eigenvalue weighted by Gasteiger charge is 2.16. The Morgan fingerprint density at radius 2 is 1.97 bits per heavy atom. The number of anilines is 2. The van der Waals surface area contributed by atoms with Crippen LogP contribution in [0.3, 0.4) is 0 Å². The molecule has 2 aromatic heterocycles. The van der Waals surface area contributed by atoms with Crippen LogP contribution in [0.25, 0.3) is 0 Å². The third kappa shape index (κ3) is 6.81. The van der Waals surface area contributed by atoms with E-state index < -0.39 is 10.0 Å². The second kappa shape index (κ2) is 11.0. The van der Waals surface area contributed by atoms with Crippen LogP contribution in [0.2, 0.25) is 0 Å². The Kier molecular flexibility index (Phi) is 8.08. The Labute approximate surface area is 196 Å². The molecule has 0 radical (unpaired) electrons. The van der Waals surface area contributed by atoms with Crippen LogP contribution in [-0.4, -0.2) is 30.2 Å². The molecule has 11 heteroatoms. The largest absolute Gasteiger partial charge is 0.360 e. The number of aryl methyl sites for hydroxylation is 2. The molecule has 3 rings (SSSR count). The molecule has 33 heavy (non-hydrogen) atoms. The van der Waals surface area contributed by atoms with Gasteiger partial charge in [-0.05, 0) is 56.2 Å². The Bertz CT molecular complexity index is 1260. The molecule has 172 valence electrons. The Morgan fingerprint density at radius 3 is 2.61 bits per heavy atom. The van der Waals surface area contributed by atoms with Crippen molar-refractivity contribution in [3.63, 3.8) is 0 Å². The monoisotopic (exact) mass is 485 g/mol. The SMILES string of the molecule is CCCCc1ccc(C#N)c(SCC(=O)Nc2ccc(S(=O)(=O)Nc3cc(C)on3)cc2)n1. The van der Waals surface area contributed by atoms with E-state index in [1.807, 2.05) is 6.07 Å². The van der Waals surface area contributed by atoms with E-state index in [4.69, 9.17) is 4.52 Å². The molecule has 0 aliphatic rings. The fraction of sp³-hybridized carbons (Fsp3) is 0.273. The minimum atomic E-state index is -3.84. The molecule has 0 saturated carbocycles. The molecular formula is C22H23N5O4S2. The van der Waals surface area contributed by atoms with Gasteiger partial charge in [0.15, 0.2) is 5.82 Å². The second-order valence-corrected chi connectivity index (χ2v) is 9.81. The Hall–Kier alpha value is -3.36. The van der Waals surface area contributed by atoms with Crippen LogP contribution in [0.1, 0.15) is 36.8 Å². The van der Waals surface area contributed by atoms with Gasteiger partial charge in [0, 0.05) is 17.4 Å². The van der Waals surface area contributed by atoms with Gasteiger partial charge in [-0.25, -0.2) is 13.4 Å². The van der Waals surface area contributed by atoms with E-state index >= 15 is 0 Å². The minimum absolute atomic E-state index is 0.0160. The van der Waals surface area contributed by atoms with E-state index in [0.29, 0.717) is 22.0 Å². The predicted octanol–water partition coefficient (Wildman–Crippen LogP) is 4.12. The number of benzene rings is 1. The van der Waals surface area contributed by atoms with Gasteiger partial charge in [-0.15, -0.1) is 0 Å². The summed E-state index contributed by atoms with van der Waals surface area (Å²) >= 11 is 1.19. The number of nitrogens with one attached hydrogen (secondary N) is 2. The zero-order valence-electron chi connectivity index (χ0n) is 18.2. The topological polar surface area (TPSA) is 138 Å². The normalized spacial score (nSPS) is 11.1. The van der Waals surface area contributed by atoms with E-state index in [-0.39, 0.29) is 22.4 Å². The van der Waals surface area contributed by atoms with Crippen LogP contribution in [0, 0.1) is 18.3 Å². The molecule has 0 bridgehead atoms. The van der Waals surface area contributed by atoms with Crippen molar-refractivity contribution >= 4 is 39.2 Å². The van der Waals surface area contributed by atoms with Gasteiger partial charge in [0.2, 0.25) is 5.91 Å². The molecule has 0 aliphatic carbocycles. The lowest BCUT2D eigenvalue weighted by Crippen LogP contribution is -2.15. The average Bonchev–Trinajstić information content (AvgIpc) is 3.20. The fourth-order valence-corrected chi connectivity index (χ4v) is 4.61. The van der Waals surface area contributed by atoms with Gasteiger partial charge in [0.05, 0.1) is 16.2 Å². The molecule has 1 aromatic carbocycles. The maximum absolute atomic E-state index is 12.4. The van der Waals surface area contributed by atoms with Gasteiger partial charge >= 0.3 is 0 Å². The number of hydrogen-bond donors (Lipinski definition) is 2. The molecular weight excluding hydrogens is 462 g/mol. The van der Waals surface area contributed by atoms with E-state index in [2.05, 4.69) is 33.2 Å². The number of unbranched alkanes of at least 4 members (excludes halogenated alkanes) is 1. The van der Waals surface area contributed by atoms with Crippen LogP contribution < -0.4 is 10.0 Å². The minimum Gasteiger partial charge on any atom is -0.360 e. The summed E-state index contributed by atoms with van der Waals surface area (Å²) in [6, 6.07) is 12.9. The van der Waals surface area contributed by atoms with Crippen LogP contribution >= 0.6 is 11.8 Å². The zero-order valence-corrected chi connectivity index (χ0v) is 19.8. The zero-order chi connectivity index (χ0) is 23.8. The number of carbonyl (C=O) groups is 1. The number of carbonyl (C=O) groups excluding carboxylic acids is 1. The number of pyridine rings is 1. The van der Waals surface area contributed by atoms with Gasteiger partial charge in [-0.2, -0.15) is 5.26 Å². The summed E-state index contributed by atoms with van der Waals surface area (Å²) in [4.78, 5) is 16.9. The molecule has 2 N–H and O–H groups in total. The van der Waals surface area contributed by atoms with Crippen LogP contribution in [0.5, 0.6) is 0 Å². The molecule has 0 unspecified atom stereocenters. The van der Waals surface area contributed by atoms with Crippen molar-refractivity contribution in [2.24, 2.45) is 0 Å². The van der Waals surface area contributed by atoms with Gasteiger partial charge in [0.25, 0.3) is 10.0 Å². The molecule has 0 atom stereocenters. The summed E-state index contributed by atoms with van der Waals surface area (Å²) in [6.07, 6.45) is 2.87. The van der Waals surface area contributed by atoms with Gasteiger partial charge in [-0.1, -0.05) is 30.3 Å². The molecule has 2 heterocycles. The highest BCUT2D eigenvalue weighted by Crippen LogP contribution is 2.22. The van der Waals surface area contributed by atoms with E-state index in [0.717, 1.165) is 25.0 Å². The van der Waals surface area contributed by atoms with Crippen molar-refractivity contribution in [2.45, 2.75) is 43.0 Å². The second-order valence-electron chi connectivity index (χ2n) is 7.16. The summed E-state index contributed by atoms with van der Waals surface area (Å²) in [5.41, 5.74) is 1.77. The van der Waals surface area contributed by atoms with E-state index in [1.54, 1.807) is 13.0 Å². The number of thioether (sulfide) groups is 1. The first-order valence-corrected chi connectivity index (χ1v) is 12.7. The Balaban J connectivity index is 1.59. The van der Waals surface area contributed by atoms with Crippen LogP contribution in [-0.2, 0) is 21.2 Å². The first kappa shape index (κ1) is 24.3. The van der Waals surface area contributed by atoms with Crippen molar-refractivity contribution in [2.75, 3.05) is 15.8 Å².